The minimum atomic E-state index is 0. The van der Waals surface area contributed by atoms with Crippen molar-refractivity contribution >= 4 is 0 Å². The molecule has 0 aliphatic carbocycles. The molecule has 0 fully saturated rings. The van der Waals surface area contributed by atoms with Crippen LogP contribution in [0.25, 0.3) is 0 Å². The standard InChI is InChI=1S/C6H10N2.H2O/c1-3-8-5-4-7(2)6-8;/h3-5H,1,6H2,2H3;1H2. The molecular weight excluding hydrogens is 116 g/mol. The Morgan fingerprint density at radius 2 is 2.22 bits per heavy atom. The van der Waals surface area contributed by atoms with Crippen LogP contribution >= 0.6 is 0 Å². The van der Waals surface area contributed by atoms with Crippen LogP contribution in [0.5, 0.6) is 0 Å². The Hall–Kier alpha value is -0.960. The van der Waals surface area contributed by atoms with Crippen LogP contribution in [0.3, 0.4) is 0 Å². The van der Waals surface area contributed by atoms with Gasteiger partial charge in [-0.25, -0.2) is 0 Å². The van der Waals surface area contributed by atoms with Crippen molar-refractivity contribution in [2.45, 2.75) is 0 Å². The van der Waals surface area contributed by atoms with Crippen molar-refractivity contribution in [1.29, 1.82) is 0 Å². The van der Waals surface area contributed by atoms with Crippen LogP contribution in [0.4, 0.5) is 0 Å². The minimum Gasteiger partial charge on any atom is -0.412 e. The van der Waals surface area contributed by atoms with Gasteiger partial charge in [-0.2, -0.15) is 0 Å². The molecule has 0 saturated carbocycles. The molecule has 3 heteroatoms. The lowest BCUT2D eigenvalue weighted by Crippen LogP contribution is -2.16. The third kappa shape index (κ3) is 1.77. The third-order valence-corrected chi connectivity index (χ3v) is 1.13. The maximum absolute atomic E-state index is 3.63. The summed E-state index contributed by atoms with van der Waals surface area (Å²) in [5, 5.41) is 0. The van der Waals surface area contributed by atoms with Crippen LogP contribution in [-0.4, -0.2) is 29.0 Å². The molecule has 0 aromatic heterocycles. The summed E-state index contributed by atoms with van der Waals surface area (Å²) in [6.45, 7) is 4.56. The first kappa shape index (κ1) is 8.04. The SMILES string of the molecule is C=CN1C=CN(C)C1.O. The van der Waals surface area contributed by atoms with Crippen molar-refractivity contribution in [2.24, 2.45) is 0 Å². The van der Waals surface area contributed by atoms with E-state index in [1.807, 2.05) is 24.3 Å². The van der Waals surface area contributed by atoms with Gasteiger partial charge in [0.25, 0.3) is 0 Å². The molecule has 3 nitrogen and oxygen atoms in total. The van der Waals surface area contributed by atoms with Crippen molar-refractivity contribution in [3.8, 4) is 0 Å². The molecule has 0 aromatic carbocycles. The monoisotopic (exact) mass is 128 g/mol. The average Bonchev–Trinajstić information content (AvgIpc) is 2.14. The van der Waals surface area contributed by atoms with Crippen LogP contribution in [0.1, 0.15) is 0 Å². The number of hydrogen-bond donors (Lipinski definition) is 0. The van der Waals surface area contributed by atoms with Gasteiger partial charge in [0.05, 0.1) is 6.67 Å². The van der Waals surface area contributed by atoms with E-state index >= 15 is 0 Å². The largest absolute Gasteiger partial charge is 0.412 e. The van der Waals surface area contributed by atoms with E-state index in [-0.39, 0.29) is 5.48 Å². The van der Waals surface area contributed by atoms with Crippen molar-refractivity contribution in [2.75, 3.05) is 13.7 Å². The molecule has 52 valence electrons. The Morgan fingerprint density at radius 3 is 2.44 bits per heavy atom. The second-order valence-corrected chi connectivity index (χ2v) is 1.89. The zero-order chi connectivity index (χ0) is 5.98. The molecule has 1 rings (SSSR count). The first-order valence-electron chi connectivity index (χ1n) is 2.60. The molecule has 2 N–H and O–H groups in total. The van der Waals surface area contributed by atoms with Crippen molar-refractivity contribution in [3.63, 3.8) is 0 Å². The fourth-order valence-corrected chi connectivity index (χ4v) is 0.670. The Morgan fingerprint density at radius 1 is 1.56 bits per heavy atom. The van der Waals surface area contributed by atoms with E-state index in [1.165, 1.54) is 0 Å². The second-order valence-electron chi connectivity index (χ2n) is 1.89. The van der Waals surface area contributed by atoms with Crippen LogP contribution in [0, 0.1) is 0 Å². The highest BCUT2D eigenvalue weighted by molar-refractivity contribution is 4.93. The van der Waals surface area contributed by atoms with Gasteiger partial charge < -0.3 is 15.3 Å². The van der Waals surface area contributed by atoms with E-state index in [9.17, 15) is 0 Å². The highest BCUT2D eigenvalue weighted by Gasteiger charge is 2.01. The van der Waals surface area contributed by atoms with E-state index in [1.54, 1.807) is 6.20 Å². The van der Waals surface area contributed by atoms with Gasteiger partial charge in [0.2, 0.25) is 0 Å². The van der Waals surface area contributed by atoms with E-state index in [4.69, 9.17) is 0 Å². The van der Waals surface area contributed by atoms with E-state index in [0.717, 1.165) is 6.67 Å². The maximum Gasteiger partial charge on any atom is 0.0932 e. The molecule has 1 aliphatic heterocycles. The smallest absolute Gasteiger partial charge is 0.0932 e. The third-order valence-electron chi connectivity index (χ3n) is 1.13. The normalized spacial score (nSPS) is 15.7. The highest BCUT2D eigenvalue weighted by Crippen LogP contribution is 2.01. The van der Waals surface area contributed by atoms with Gasteiger partial charge in [-0.1, -0.05) is 6.58 Å². The van der Waals surface area contributed by atoms with Gasteiger partial charge in [-0.15, -0.1) is 0 Å². The molecule has 0 aromatic rings. The molecule has 0 bridgehead atoms. The predicted molar refractivity (Wildman–Crippen MR) is 37.4 cm³/mol. The van der Waals surface area contributed by atoms with Crippen molar-refractivity contribution in [1.82, 2.24) is 9.80 Å². The average molecular weight is 128 g/mol. The van der Waals surface area contributed by atoms with E-state index < -0.39 is 0 Å². The van der Waals surface area contributed by atoms with Gasteiger partial charge in [0.1, 0.15) is 0 Å². The summed E-state index contributed by atoms with van der Waals surface area (Å²) in [5.41, 5.74) is 0. The summed E-state index contributed by atoms with van der Waals surface area (Å²) in [5.74, 6) is 0. The molecular formula is C6H12N2O. The molecule has 1 aliphatic rings. The topological polar surface area (TPSA) is 38.0 Å². The lowest BCUT2D eigenvalue weighted by atomic mass is 10.8. The zero-order valence-electron chi connectivity index (χ0n) is 5.54. The summed E-state index contributed by atoms with van der Waals surface area (Å²) in [6, 6.07) is 0. The Kier molecular flexibility index (Phi) is 2.81. The lowest BCUT2D eigenvalue weighted by Gasteiger charge is -2.11. The Labute approximate surface area is 55.2 Å². The molecule has 0 radical (unpaired) electrons. The maximum atomic E-state index is 3.63. The van der Waals surface area contributed by atoms with Gasteiger partial charge in [-0.05, 0) is 6.20 Å². The van der Waals surface area contributed by atoms with Gasteiger partial charge in [-0.3, -0.25) is 0 Å². The van der Waals surface area contributed by atoms with Crippen LogP contribution in [-0.2, 0) is 0 Å². The summed E-state index contributed by atoms with van der Waals surface area (Å²) in [4.78, 5) is 4.10. The van der Waals surface area contributed by atoms with Gasteiger partial charge >= 0.3 is 0 Å². The van der Waals surface area contributed by atoms with Gasteiger partial charge in [0, 0.05) is 19.4 Å². The summed E-state index contributed by atoms with van der Waals surface area (Å²) >= 11 is 0. The number of rotatable bonds is 1. The molecule has 1 heterocycles. The predicted octanol–water partition coefficient (Wildman–Crippen LogP) is -0.0187. The first-order valence-corrected chi connectivity index (χ1v) is 2.60. The fourth-order valence-electron chi connectivity index (χ4n) is 0.670. The molecule has 0 atom stereocenters. The minimum absolute atomic E-state index is 0. The number of nitrogens with zero attached hydrogens (tertiary/aromatic N) is 2. The molecule has 9 heavy (non-hydrogen) atoms. The lowest BCUT2D eigenvalue weighted by molar-refractivity contribution is 0.364. The Bertz CT molecular complexity index is 122. The summed E-state index contributed by atoms with van der Waals surface area (Å²) in [6.07, 6.45) is 5.81. The fraction of sp³-hybridized carbons (Fsp3) is 0.333. The van der Waals surface area contributed by atoms with Crippen molar-refractivity contribution < 1.29 is 5.48 Å². The van der Waals surface area contributed by atoms with E-state index in [0.29, 0.717) is 0 Å². The number of hydrogen-bond acceptors (Lipinski definition) is 2. The summed E-state index contributed by atoms with van der Waals surface area (Å²) < 4.78 is 0. The molecule has 0 amide bonds. The second kappa shape index (κ2) is 3.14. The molecule has 0 spiro atoms. The van der Waals surface area contributed by atoms with Crippen LogP contribution in [0.2, 0.25) is 0 Å². The van der Waals surface area contributed by atoms with E-state index in [2.05, 4.69) is 11.5 Å². The summed E-state index contributed by atoms with van der Waals surface area (Å²) in [7, 11) is 2.03. The first-order chi connectivity index (χ1) is 3.83. The van der Waals surface area contributed by atoms with Crippen LogP contribution < -0.4 is 0 Å². The molecule has 0 unspecified atom stereocenters. The van der Waals surface area contributed by atoms with Gasteiger partial charge in [0.15, 0.2) is 0 Å². The van der Waals surface area contributed by atoms with Crippen molar-refractivity contribution in [3.05, 3.63) is 25.2 Å². The van der Waals surface area contributed by atoms with Crippen LogP contribution in [0.15, 0.2) is 25.2 Å². The quantitative estimate of drug-likeness (QED) is 0.498. The zero-order valence-corrected chi connectivity index (χ0v) is 5.54. The molecule has 0 saturated heterocycles. The Balaban J connectivity index is 0.000000640. The highest BCUT2D eigenvalue weighted by atomic mass is 16.0.